The second-order valence-electron chi connectivity index (χ2n) is 6.62. The molecule has 1 heterocycles. The van der Waals surface area contributed by atoms with Crippen LogP contribution < -0.4 is 4.72 Å². The van der Waals surface area contributed by atoms with E-state index >= 15 is 0 Å². The summed E-state index contributed by atoms with van der Waals surface area (Å²) in [6.07, 6.45) is -4.50. The highest BCUT2D eigenvalue weighted by Crippen LogP contribution is 2.34. The summed E-state index contributed by atoms with van der Waals surface area (Å²) in [7, 11) is -2.31. The maximum atomic E-state index is 12.8. The number of nitrogens with zero attached hydrogens (tertiary/aromatic N) is 2. The lowest BCUT2D eigenvalue weighted by atomic mass is 10.0. The summed E-state index contributed by atoms with van der Waals surface area (Å²) >= 11 is 0. The lowest BCUT2D eigenvalue weighted by Gasteiger charge is -2.23. The lowest BCUT2D eigenvalue weighted by Crippen LogP contribution is -2.39. The van der Waals surface area contributed by atoms with E-state index in [2.05, 4.69) is 4.72 Å². The predicted octanol–water partition coefficient (Wildman–Crippen LogP) is 2.98. The molecule has 2 aromatic carbocycles. The van der Waals surface area contributed by atoms with E-state index in [-0.39, 0.29) is 18.7 Å². The van der Waals surface area contributed by atoms with Gasteiger partial charge in [0.05, 0.1) is 29.8 Å². The van der Waals surface area contributed by atoms with Gasteiger partial charge in [-0.1, -0.05) is 30.3 Å². The number of hydrogen-bond acceptors (Lipinski definition) is 5. The minimum absolute atomic E-state index is 0.0981. The fraction of sp³-hybridized carbons (Fsp3) is 0.316. The molecule has 1 N–H and O–H groups in total. The van der Waals surface area contributed by atoms with E-state index in [0.29, 0.717) is 11.1 Å². The van der Waals surface area contributed by atoms with Crippen molar-refractivity contribution in [3.05, 3.63) is 70.8 Å². The molecule has 3 rings (SSSR count). The molecule has 1 fully saturated rings. The van der Waals surface area contributed by atoms with Gasteiger partial charge in [-0.25, -0.2) is 13.1 Å². The van der Waals surface area contributed by atoms with Gasteiger partial charge in [0.2, 0.25) is 10.0 Å². The quantitative estimate of drug-likeness (QED) is 0.797. The summed E-state index contributed by atoms with van der Waals surface area (Å²) in [5.41, 5.74) is 0.454. The molecule has 2 unspecified atom stereocenters. The Morgan fingerprint density at radius 2 is 1.93 bits per heavy atom. The van der Waals surface area contributed by atoms with Crippen molar-refractivity contribution in [1.82, 2.24) is 9.79 Å². The molecule has 0 aromatic heterocycles. The Labute approximate surface area is 166 Å². The van der Waals surface area contributed by atoms with Crippen molar-refractivity contribution in [1.29, 1.82) is 5.26 Å². The molecular formula is C19H18F3N3O3S. The topological polar surface area (TPSA) is 82.4 Å². The third kappa shape index (κ3) is 4.76. The van der Waals surface area contributed by atoms with Crippen LogP contribution in [0.15, 0.2) is 48.5 Å². The number of nitriles is 1. The van der Waals surface area contributed by atoms with E-state index in [4.69, 9.17) is 10.1 Å². The Kier molecular flexibility index (Phi) is 5.95. The second kappa shape index (κ2) is 8.12. The van der Waals surface area contributed by atoms with Crippen LogP contribution in [0.2, 0.25) is 0 Å². The third-order valence-electron chi connectivity index (χ3n) is 4.70. The molecular weight excluding hydrogens is 407 g/mol. The first kappa shape index (κ1) is 21.3. The summed E-state index contributed by atoms with van der Waals surface area (Å²) in [4.78, 5) is 5.39. The highest BCUT2D eigenvalue weighted by atomic mass is 32.2. The average molecular weight is 425 g/mol. The van der Waals surface area contributed by atoms with E-state index in [1.165, 1.54) is 17.2 Å². The third-order valence-corrected chi connectivity index (χ3v) is 6.44. The number of nitrogens with one attached hydrogen (secondary N) is 1. The number of benzene rings is 2. The van der Waals surface area contributed by atoms with Crippen molar-refractivity contribution in [3.63, 3.8) is 0 Å². The smallest absolute Gasteiger partial charge is 0.297 e. The summed E-state index contributed by atoms with van der Waals surface area (Å²) in [6, 6.07) is 12.4. The Morgan fingerprint density at radius 1 is 1.24 bits per heavy atom. The van der Waals surface area contributed by atoms with Crippen LogP contribution in [0.3, 0.4) is 0 Å². The van der Waals surface area contributed by atoms with Gasteiger partial charge in [0.1, 0.15) is 5.25 Å². The summed E-state index contributed by atoms with van der Waals surface area (Å²) in [5, 5.41) is 9.37. The lowest BCUT2D eigenvalue weighted by molar-refractivity contribution is -0.137. The van der Waals surface area contributed by atoms with E-state index in [1.54, 1.807) is 31.3 Å². The summed E-state index contributed by atoms with van der Waals surface area (Å²) < 4.78 is 66.6. The van der Waals surface area contributed by atoms with Crippen LogP contribution >= 0.6 is 0 Å². The second-order valence-corrected chi connectivity index (χ2v) is 8.61. The number of hydrogen-bond donors (Lipinski definition) is 1. The zero-order valence-corrected chi connectivity index (χ0v) is 16.2. The Morgan fingerprint density at radius 3 is 2.55 bits per heavy atom. The van der Waals surface area contributed by atoms with Crippen LogP contribution in [0.1, 0.15) is 28.3 Å². The number of rotatable bonds is 5. The van der Waals surface area contributed by atoms with Gasteiger partial charge in [-0.15, -0.1) is 0 Å². The normalized spacial score (nSPS) is 20.5. The van der Waals surface area contributed by atoms with Gasteiger partial charge >= 0.3 is 6.18 Å². The molecule has 6 nitrogen and oxygen atoms in total. The van der Waals surface area contributed by atoms with Gasteiger partial charge in [0.15, 0.2) is 0 Å². The largest absolute Gasteiger partial charge is 0.416 e. The zero-order valence-electron chi connectivity index (χ0n) is 15.3. The van der Waals surface area contributed by atoms with Gasteiger partial charge in [-0.05, 0) is 29.3 Å². The van der Waals surface area contributed by atoms with E-state index in [1.807, 2.05) is 6.07 Å². The van der Waals surface area contributed by atoms with Gasteiger partial charge < -0.3 is 0 Å². The molecule has 1 aliphatic rings. The van der Waals surface area contributed by atoms with Crippen LogP contribution in [0.4, 0.5) is 13.2 Å². The van der Waals surface area contributed by atoms with Crippen LogP contribution in [0.25, 0.3) is 0 Å². The van der Waals surface area contributed by atoms with E-state index < -0.39 is 33.1 Å². The molecule has 0 spiro atoms. The van der Waals surface area contributed by atoms with Crippen molar-refractivity contribution in [3.8, 4) is 6.07 Å². The van der Waals surface area contributed by atoms with Gasteiger partial charge in [-0.3, -0.25) is 4.84 Å². The average Bonchev–Trinajstić information content (AvgIpc) is 3.08. The fourth-order valence-electron chi connectivity index (χ4n) is 3.18. The minimum atomic E-state index is -4.50. The summed E-state index contributed by atoms with van der Waals surface area (Å²) in [6.45, 7) is -0.369. The molecule has 154 valence electrons. The van der Waals surface area contributed by atoms with Crippen LogP contribution in [-0.4, -0.2) is 32.4 Å². The number of alkyl halides is 3. The van der Waals surface area contributed by atoms with Crippen molar-refractivity contribution in [2.24, 2.45) is 0 Å². The van der Waals surface area contributed by atoms with Crippen molar-refractivity contribution in [2.45, 2.75) is 24.0 Å². The molecule has 0 bridgehead atoms. The Hall–Kier alpha value is -2.45. The van der Waals surface area contributed by atoms with Crippen LogP contribution in [0.5, 0.6) is 0 Å². The molecule has 29 heavy (non-hydrogen) atoms. The predicted molar refractivity (Wildman–Crippen MR) is 98.6 cm³/mol. The van der Waals surface area contributed by atoms with Gasteiger partial charge in [-0.2, -0.15) is 23.5 Å². The van der Waals surface area contributed by atoms with Crippen molar-refractivity contribution in [2.75, 3.05) is 13.7 Å². The number of sulfonamides is 1. The SMILES string of the molecule is CN1OCC(S(=O)(=O)NCc2cccc(C(F)(F)F)c2)C1c1ccc(C#N)cc1. The highest BCUT2D eigenvalue weighted by molar-refractivity contribution is 7.90. The van der Waals surface area contributed by atoms with E-state index in [9.17, 15) is 21.6 Å². The Bertz CT molecular complexity index is 1020. The molecule has 1 aliphatic heterocycles. The van der Waals surface area contributed by atoms with Gasteiger partial charge in [0, 0.05) is 13.6 Å². The Balaban J connectivity index is 1.78. The maximum absolute atomic E-state index is 12.8. The van der Waals surface area contributed by atoms with Crippen molar-refractivity contribution >= 4 is 10.0 Å². The molecule has 0 radical (unpaired) electrons. The monoisotopic (exact) mass is 425 g/mol. The fourth-order valence-corrected chi connectivity index (χ4v) is 4.67. The molecule has 2 atom stereocenters. The first-order valence-corrected chi connectivity index (χ1v) is 10.2. The molecule has 1 saturated heterocycles. The molecule has 2 aromatic rings. The van der Waals surface area contributed by atoms with Crippen LogP contribution in [-0.2, 0) is 27.6 Å². The minimum Gasteiger partial charge on any atom is -0.297 e. The maximum Gasteiger partial charge on any atom is 0.416 e. The molecule has 0 amide bonds. The zero-order chi connectivity index (χ0) is 21.2. The molecule has 0 aliphatic carbocycles. The summed E-state index contributed by atoms with van der Waals surface area (Å²) in [5.74, 6) is 0. The van der Waals surface area contributed by atoms with Gasteiger partial charge in [0.25, 0.3) is 0 Å². The van der Waals surface area contributed by atoms with Crippen LogP contribution in [0, 0.1) is 11.3 Å². The number of halogens is 3. The van der Waals surface area contributed by atoms with E-state index in [0.717, 1.165) is 12.1 Å². The first-order chi connectivity index (χ1) is 13.6. The first-order valence-electron chi connectivity index (χ1n) is 8.62. The standard InChI is InChI=1S/C19H18F3N3O3S/c1-25-18(15-7-5-13(10-23)6-8-15)17(12-28-25)29(26,27)24-11-14-3-2-4-16(9-14)19(20,21)22/h2-9,17-18,24H,11-12H2,1H3. The highest BCUT2D eigenvalue weighted by Gasteiger charge is 2.43. The van der Waals surface area contributed by atoms with Crippen molar-refractivity contribution < 1.29 is 26.4 Å². The molecule has 0 saturated carbocycles. The number of hydroxylamine groups is 2. The molecule has 10 heteroatoms.